The second-order valence-electron chi connectivity index (χ2n) is 10.5. The second-order valence-corrected chi connectivity index (χ2v) is 10.8. The minimum absolute atomic E-state index is 0.0212. The summed E-state index contributed by atoms with van der Waals surface area (Å²) in [6, 6.07) is 3.18. The maximum atomic E-state index is 14.5. The fourth-order valence-electron chi connectivity index (χ4n) is 5.77. The number of unbranched alkanes of at least 4 members (excludes halogenated alkanes) is 4. The first kappa shape index (κ1) is 27.4. The van der Waals surface area contributed by atoms with E-state index < -0.39 is 18.8 Å². The minimum atomic E-state index is -2.64. The minimum Gasteiger partial charge on any atom is -0.485 e. The molecule has 5 heteroatoms. The highest BCUT2D eigenvalue weighted by atomic mass is 35.5. The molecular formula is C29H42ClF3O. The molecule has 0 aliphatic heterocycles. The van der Waals surface area contributed by atoms with Crippen LogP contribution in [-0.2, 0) is 0 Å². The van der Waals surface area contributed by atoms with E-state index >= 15 is 0 Å². The van der Waals surface area contributed by atoms with Gasteiger partial charge in [-0.3, -0.25) is 0 Å². The van der Waals surface area contributed by atoms with Gasteiger partial charge in [-0.1, -0.05) is 75.3 Å². The predicted molar refractivity (Wildman–Crippen MR) is 136 cm³/mol. The Hall–Kier alpha value is -1.16. The van der Waals surface area contributed by atoms with Gasteiger partial charge in [0.1, 0.15) is 6.61 Å². The van der Waals surface area contributed by atoms with E-state index in [4.69, 9.17) is 16.3 Å². The number of hydrogen-bond acceptors (Lipinski definition) is 1. The van der Waals surface area contributed by atoms with Gasteiger partial charge in [-0.15, -0.1) is 0 Å². The summed E-state index contributed by atoms with van der Waals surface area (Å²) in [5, 5.41) is 0.0212. The highest BCUT2D eigenvalue weighted by Gasteiger charge is 2.26. The molecule has 2 aliphatic carbocycles. The maximum Gasteiger partial charge on any atom is 0.272 e. The molecule has 2 fully saturated rings. The largest absolute Gasteiger partial charge is 0.485 e. The van der Waals surface area contributed by atoms with Crippen molar-refractivity contribution in [1.82, 2.24) is 0 Å². The van der Waals surface area contributed by atoms with E-state index in [-0.39, 0.29) is 16.7 Å². The number of allylic oxidation sites excluding steroid dienone is 2. The fourth-order valence-corrected chi connectivity index (χ4v) is 6.08. The van der Waals surface area contributed by atoms with Gasteiger partial charge < -0.3 is 4.74 Å². The molecule has 0 bridgehead atoms. The molecular weight excluding hydrogens is 457 g/mol. The molecule has 34 heavy (non-hydrogen) atoms. The van der Waals surface area contributed by atoms with Crippen molar-refractivity contribution >= 4 is 11.6 Å². The summed E-state index contributed by atoms with van der Waals surface area (Å²) in [7, 11) is 0. The summed E-state index contributed by atoms with van der Waals surface area (Å²) < 4.78 is 44.1. The molecule has 0 amide bonds. The standard InChI is InChI=1S/C29H42ClF3O/c1-2-3-4-5-6-7-21-8-10-22(11-9-21)12-13-23-14-16-24(17-15-23)25-18-19-26(29(33)28(25)30)34-20-27(31)32/h12-13,18-19,21-24,27H,2-11,14-17,20H2,1H3. The summed E-state index contributed by atoms with van der Waals surface area (Å²) >= 11 is 6.26. The van der Waals surface area contributed by atoms with Crippen molar-refractivity contribution in [3.8, 4) is 5.75 Å². The fraction of sp³-hybridized carbons (Fsp3) is 0.724. The SMILES string of the molecule is CCCCCCCC1CCC(C=CC2CCC(c3ccc(OCC(F)F)c(F)c3Cl)CC2)CC1. The second kappa shape index (κ2) is 14.4. The van der Waals surface area contributed by atoms with Gasteiger partial charge in [0.15, 0.2) is 11.6 Å². The molecule has 3 rings (SSSR count). The van der Waals surface area contributed by atoms with Gasteiger partial charge in [0.05, 0.1) is 5.02 Å². The zero-order chi connectivity index (χ0) is 24.3. The van der Waals surface area contributed by atoms with Crippen LogP contribution < -0.4 is 4.74 Å². The Morgan fingerprint density at radius 2 is 1.53 bits per heavy atom. The number of alkyl halides is 2. The summed E-state index contributed by atoms with van der Waals surface area (Å²) in [5.41, 5.74) is 0.777. The first-order valence-corrected chi connectivity index (χ1v) is 13.9. The van der Waals surface area contributed by atoms with Gasteiger partial charge >= 0.3 is 0 Å². The van der Waals surface area contributed by atoms with Gasteiger partial charge in [-0.2, -0.15) is 0 Å². The number of rotatable bonds is 12. The molecule has 0 heterocycles. The topological polar surface area (TPSA) is 9.23 Å². The maximum absolute atomic E-state index is 14.5. The quantitative estimate of drug-likeness (QED) is 0.206. The van der Waals surface area contributed by atoms with E-state index in [1.54, 1.807) is 6.07 Å². The Labute approximate surface area is 209 Å². The molecule has 0 aromatic heterocycles. The number of ether oxygens (including phenoxy) is 1. The van der Waals surface area contributed by atoms with E-state index in [1.165, 1.54) is 70.3 Å². The number of hydrogen-bond donors (Lipinski definition) is 0. The van der Waals surface area contributed by atoms with Crippen LogP contribution in [0.3, 0.4) is 0 Å². The van der Waals surface area contributed by atoms with Crippen molar-refractivity contribution in [2.75, 3.05) is 6.61 Å². The third-order valence-electron chi connectivity index (χ3n) is 7.92. The molecule has 0 spiro atoms. The van der Waals surface area contributed by atoms with Crippen molar-refractivity contribution < 1.29 is 17.9 Å². The van der Waals surface area contributed by atoms with Crippen LogP contribution in [0.4, 0.5) is 13.2 Å². The third-order valence-corrected chi connectivity index (χ3v) is 8.30. The van der Waals surface area contributed by atoms with Gasteiger partial charge in [-0.25, -0.2) is 13.2 Å². The van der Waals surface area contributed by atoms with E-state index in [1.807, 2.05) is 0 Å². The van der Waals surface area contributed by atoms with E-state index in [0.717, 1.165) is 43.1 Å². The zero-order valence-corrected chi connectivity index (χ0v) is 21.5. The van der Waals surface area contributed by atoms with Crippen molar-refractivity contribution in [2.45, 2.75) is 109 Å². The molecule has 0 radical (unpaired) electrons. The molecule has 2 aliphatic rings. The molecule has 0 unspecified atom stereocenters. The van der Waals surface area contributed by atoms with Gasteiger partial charge in [0.25, 0.3) is 6.43 Å². The summed E-state index contributed by atoms with van der Waals surface area (Å²) in [4.78, 5) is 0. The summed E-state index contributed by atoms with van der Waals surface area (Å²) in [5.74, 6) is 1.56. The Morgan fingerprint density at radius 1 is 0.912 bits per heavy atom. The highest BCUT2D eigenvalue weighted by Crippen LogP contribution is 2.42. The van der Waals surface area contributed by atoms with E-state index in [9.17, 15) is 13.2 Å². The molecule has 1 aromatic rings. The molecule has 0 atom stereocenters. The predicted octanol–water partition coefficient (Wildman–Crippen LogP) is 10.1. The van der Waals surface area contributed by atoms with Crippen LogP contribution in [0.2, 0.25) is 5.02 Å². The van der Waals surface area contributed by atoms with Crippen LogP contribution in [-0.4, -0.2) is 13.0 Å². The van der Waals surface area contributed by atoms with E-state index in [0.29, 0.717) is 5.92 Å². The summed E-state index contributed by atoms with van der Waals surface area (Å²) in [6.07, 6.45) is 20.2. The smallest absolute Gasteiger partial charge is 0.272 e. The normalized spacial score (nSPS) is 25.8. The molecule has 0 saturated heterocycles. The molecule has 1 nitrogen and oxygen atoms in total. The van der Waals surface area contributed by atoms with Crippen molar-refractivity contribution in [3.63, 3.8) is 0 Å². The average Bonchev–Trinajstić information content (AvgIpc) is 2.84. The lowest BCUT2D eigenvalue weighted by Gasteiger charge is -2.29. The van der Waals surface area contributed by atoms with Crippen LogP contribution in [0, 0.1) is 23.6 Å². The van der Waals surface area contributed by atoms with Crippen molar-refractivity contribution in [2.24, 2.45) is 17.8 Å². The number of benzene rings is 1. The Morgan fingerprint density at radius 3 is 2.15 bits per heavy atom. The zero-order valence-electron chi connectivity index (χ0n) is 20.7. The Balaban J connectivity index is 1.39. The lowest BCUT2D eigenvalue weighted by atomic mass is 9.76. The third kappa shape index (κ3) is 8.50. The van der Waals surface area contributed by atoms with Crippen LogP contribution in [0.15, 0.2) is 24.3 Å². The van der Waals surface area contributed by atoms with Crippen LogP contribution >= 0.6 is 11.6 Å². The molecule has 1 aromatic carbocycles. The first-order chi connectivity index (χ1) is 16.5. The Kier molecular flexibility index (Phi) is 11.6. The average molecular weight is 499 g/mol. The van der Waals surface area contributed by atoms with Crippen LogP contribution in [0.5, 0.6) is 5.75 Å². The molecule has 0 N–H and O–H groups in total. The monoisotopic (exact) mass is 498 g/mol. The van der Waals surface area contributed by atoms with E-state index in [2.05, 4.69) is 19.1 Å². The van der Waals surface area contributed by atoms with Crippen LogP contribution in [0.25, 0.3) is 0 Å². The van der Waals surface area contributed by atoms with Crippen molar-refractivity contribution in [3.05, 3.63) is 40.7 Å². The summed E-state index contributed by atoms with van der Waals surface area (Å²) in [6.45, 7) is 1.44. The van der Waals surface area contributed by atoms with Gasteiger partial charge in [0.2, 0.25) is 0 Å². The number of halogens is 4. The highest BCUT2D eigenvalue weighted by molar-refractivity contribution is 6.31. The molecule has 192 valence electrons. The Bertz CT molecular complexity index is 750. The first-order valence-electron chi connectivity index (χ1n) is 13.5. The lowest BCUT2D eigenvalue weighted by molar-refractivity contribution is 0.0799. The van der Waals surface area contributed by atoms with Crippen LogP contribution in [0.1, 0.15) is 108 Å². The van der Waals surface area contributed by atoms with Crippen molar-refractivity contribution in [1.29, 1.82) is 0 Å². The molecule has 2 saturated carbocycles. The lowest BCUT2D eigenvalue weighted by Crippen LogP contribution is -2.15. The van der Waals surface area contributed by atoms with Gasteiger partial charge in [0, 0.05) is 0 Å². The van der Waals surface area contributed by atoms with Gasteiger partial charge in [-0.05, 0) is 86.7 Å².